The van der Waals surface area contributed by atoms with Gasteiger partial charge in [0.05, 0.1) is 0 Å². The molecule has 0 amide bonds. The maximum absolute atomic E-state index is 3.81. The van der Waals surface area contributed by atoms with E-state index in [0.717, 1.165) is 18.2 Å². The fourth-order valence-corrected chi connectivity index (χ4v) is 1.42. The standard InChI is InChI=1S/C9H18N2/c1-8(2)11-7-9-4-3-5-10-6-9/h9-11H,1,3-7H2,2H3. The molecule has 0 saturated carbocycles. The molecule has 1 unspecified atom stereocenters. The van der Waals surface area contributed by atoms with Gasteiger partial charge >= 0.3 is 0 Å². The molecule has 2 nitrogen and oxygen atoms in total. The smallest absolute Gasteiger partial charge is 0.0184 e. The van der Waals surface area contributed by atoms with Gasteiger partial charge in [-0.15, -0.1) is 0 Å². The van der Waals surface area contributed by atoms with Crippen LogP contribution in [0.3, 0.4) is 0 Å². The highest BCUT2D eigenvalue weighted by molar-refractivity contribution is 4.86. The molecule has 1 aliphatic heterocycles. The Morgan fingerprint density at radius 2 is 2.55 bits per heavy atom. The van der Waals surface area contributed by atoms with Gasteiger partial charge in [0, 0.05) is 12.2 Å². The SMILES string of the molecule is C=C(C)NCC1CCCNC1. The van der Waals surface area contributed by atoms with Crippen LogP contribution in [-0.4, -0.2) is 19.6 Å². The van der Waals surface area contributed by atoms with Crippen LogP contribution in [0.4, 0.5) is 0 Å². The summed E-state index contributed by atoms with van der Waals surface area (Å²) in [6.45, 7) is 9.27. The summed E-state index contributed by atoms with van der Waals surface area (Å²) >= 11 is 0. The Balaban J connectivity index is 2.09. The molecule has 0 aromatic carbocycles. The Morgan fingerprint density at radius 1 is 1.73 bits per heavy atom. The average Bonchev–Trinajstić information content (AvgIpc) is 2.03. The fraction of sp³-hybridized carbons (Fsp3) is 0.778. The monoisotopic (exact) mass is 154 g/mol. The second kappa shape index (κ2) is 4.39. The molecule has 11 heavy (non-hydrogen) atoms. The molecule has 1 fully saturated rings. The third kappa shape index (κ3) is 3.42. The minimum atomic E-state index is 0.806. The maximum Gasteiger partial charge on any atom is 0.0184 e. The van der Waals surface area contributed by atoms with Crippen molar-refractivity contribution in [1.82, 2.24) is 10.6 Å². The first-order valence-electron chi connectivity index (χ1n) is 4.39. The lowest BCUT2D eigenvalue weighted by Crippen LogP contribution is -2.35. The molecule has 1 atom stereocenters. The minimum Gasteiger partial charge on any atom is -0.389 e. The molecule has 1 aliphatic rings. The number of rotatable bonds is 3. The predicted molar refractivity (Wildman–Crippen MR) is 48.4 cm³/mol. The largest absolute Gasteiger partial charge is 0.389 e. The molecule has 0 radical (unpaired) electrons. The van der Waals surface area contributed by atoms with E-state index in [4.69, 9.17) is 0 Å². The molecule has 1 rings (SSSR count). The predicted octanol–water partition coefficient (Wildman–Crippen LogP) is 1.11. The summed E-state index contributed by atoms with van der Waals surface area (Å²) < 4.78 is 0. The first-order valence-corrected chi connectivity index (χ1v) is 4.39. The summed E-state index contributed by atoms with van der Waals surface area (Å²) in [6.07, 6.45) is 2.68. The van der Waals surface area contributed by atoms with E-state index in [1.165, 1.54) is 25.9 Å². The van der Waals surface area contributed by atoms with Crippen molar-refractivity contribution in [2.45, 2.75) is 19.8 Å². The molecular formula is C9H18N2. The van der Waals surface area contributed by atoms with Gasteiger partial charge in [-0.05, 0) is 38.8 Å². The highest BCUT2D eigenvalue weighted by Crippen LogP contribution is 2.08. The summed E-state index contributed by atoms with van der Waals surface area (Å²) in [7, 11) is 0. The van der Waals surface area contributed by atoms with Crippen LogP contribution in [0.25, 0.3) is 0 Å². The Kier molecular flexibility index (Phi) is 3.43. The van der Waals surface area contributed by atoms with E-state index in [2.05, 4.69) is 17.2 Å². The Bertz CT molecular complexity index is 126. The molecule has 0 aliphatic carbocycles. The van der Waals surface area contributed by atoms with Crippen molar-refractivity contribution in [3.63, 3.8) is 0 Å². The number of piperidine rings is 1. The average molecular weight is 154 g/mol. The van der Waals surface area contributed by atoms with Crippen LogP contribution in [0.1, 0.15) is 19.8 Å². The molecular weight excluding hydrogens is 136 g/mol. The van der Waals surface area contributed by atoms with E-state index < -0.39 is 0 Å². The molecule has 0 spiro atoms. The Labute approximate surface area is 69.1 Å². The van der Waals surface area contributed by atoms with Crippen molar-refractivity contribution in [1.29, 1.82) is 0 Å². The van der Waals surface area contributed by atoms with Crippen molar-refractivity contribution >= 4 is 0 Å². The Hall–Kier alpha value is -0.500. The lowest BCUT2D eigenvalue weighted by Gasteiger charge is -2.23. The van der Waals surface area contributed by atoms with E-state index in [-0.39, 0.29) is 0 Å². The molecule has 0 aromatic rings. The normalized spacial score (nSPS) is 24.6. The molecule has 2 heteroatoms. The van der Waals surface area contributed by atoms with Gasteiger partial charge in [0.15, 0.2) is 0 Å². The van der Waals surface area contributed by atoms with Gasteiger partial charge in [-0.1, -0.05) is 6.58 Å². The minimum absolute atomic E-state index is 0.806. The summed E-state index contributed by atoms with van der Waals surface area (Å²) in [5.41, 5.74) is 1.08. The first kappa shape index (κ1) is 8.60. The van der Waals surface area contributed by atoms with Crippen LogP contribution in [-0.2, 0) is 0 Å². The maximum atomic E-state index is 3.81. The van der Waals surface area contributed by atoms with Crippen molar-refractivity contribution in [3.05, 3.63) is 12.3 Å². The van der Waals surface area contributed by atoms with Gasteiger partial charge in [-0.2, -0.15) is 0 Å². The van der Waals surface area contributed by atoms with Gasteiger partial charge in [0.1, 0.15) is 0 Å². The molecule has 1 saturated heterocycles. The topological polar surface area (TPSA) is 24.1 Å². The molecule has 0 bridgehead atoms. The van der Waals surface area contributed by atoms with Crippen LogP contribution in [0.2, 0.25) is 0 Å². The quantitative estimate of drug-likeness (QED) is 0.636. The number of allylic oxidation sites excluding steroid dienone is 1. The van der Waals surface area contributed by atoms with E-state index >= 15 is 0 Å². The summed E-state index contributed by atoms with van der Waals surface area (Å²) in [5.74, 6) is 0.806. The van der Waals surface area contributed by atoms with E-state index in [0.29, 0.717) is 0 Å². The van der Waals surface area contributed by atoms with Crippen LogP contribution in [0, 0.1) is 5.92 Å². The van der Waals surface area contributed by atoms with E-state index in [1.54, 1.807) is 0 Å². The van der Waals surface area contributed by atoms with Crippen LogP contribution in [0.15, 0.2) is 12.3 Å². The van der Waals surface area contributed by atoms with Gasteiger partial charge in [0.25, 0.3) is 0 Å². The van der Waals surface area contributed by atoms with E-state index in [1.807, 2.05) is 6.92 Å². The van der Waals surface area contributed by atoms with Gasteiger partial charge in [0.2, 0.25) is 0 Å². The first-order chi connectivity index (χ1) is 5.29. The van der Waals surface area contributed by atoms with Crippen molar-refractivity contribution < 1.29 is 0 Å². The third-order valence-electron chi connectivity index (χ3n) is 2.09. The molecule has 64 valence electrons. The lowest BCUT2D eigenvalue weighted by molar-refractivity contribution is 0.370. The zero-order valence-electron chi connectivity index (χ0n) is 7.32. The van der Waals surface area contributed by atoms with Crippen molar-refractivity contribution in [2.24, 2.45) is 5.92 Å². The summed E-state index contributed by atoms with van der Waals surface area (Å²) in [6, 6.07) is 0. The lowest BCUT2D eigenvalue weighted by atomic mass is 10.00. The molecule has 1 heterocycles. The third-order valence-corrected chi connectivity index (χ3v) is 2.09. The van der Waals surface area contributed by atoms with Crippen LogP contribution in [0.5, 0.6) is 0 Å². The highest BCUT2D eigenvalue weighted by Gasteiger charge is 2.11. The fourth-order valence-electron chi connectivity index (χ4n) is 1.42. The zero-order chi connectivity index (χ0) is 8.10. The second-order valence-corrected chi connectivity index (χ2v) is 3.37. The second-order valence-electron chi connectivity index (χ2n) is 3.37. The molecule has 2 N–H and O–H groups in total. The number of nitrogens with one attached hydrogen (secondary N) is 2. The van der Waals surface area contributed by atoms with Gasteiger partial charge < -0.3 is 10.6 Å². The highest BCUT2D eigenvalue weighted by atomic mass is 14.9. The molecule has 0 aromatic heterocycles. The number of hydrogen-bond donors (Lipinski definition) is 2. The Morgan fingerprint density at radius 3 is 3.09 bits per heavy atom. The van der Waals surface area contributed by atoms with Gasteiger partial charge in [-0.3, -0.25) is 0 Å². The van der Waals surface area contributed by atoms with Crippen LogP contribution >= 0.6 is 0 Å². The summed E-state index contributed by atoms with van der Waals surface area (Å²) in [5, 5.41) is 6.67. The zero-order valence-corrected chi connectivity index (χ0v) is 7.32. The van der Waals surface area contributed by atoms with E-state index in [9.17, 15) is 0 Å². The van der Waals surface area contributed by atoms with Crippen molar-refractivity contribution in [3.8, 4) is 0 Å². The van der Waals surface area contributed by atoms with Crippen LogP contribution < -0.4 is 10.6 Å². The van der Waals surface area contributed by atoms with Crippen molar-refractivity contribution in [2.75, 3.05) is 19.6 Å². The number of hydrogen-bond acceptors (Lipinski definition) is 2. The summed E-state index contributed by atoms with van der Waals surface area (Å²) in [4.78, 5) is 0. The van der Waals surface area contributed by atoms with Gasteiger partial charge in [-0.25, -0.2) is 0 Å².